The van der Waals surface area contributed by atoms with E-state index >= 15 is 0 Å². The molecule has 0 saturated carbocycles. The molecule has 0 heterocycles. The average molecular weight is 407 g/mol. The number of hydrazone groups is 1. The highest BCUT2D eigenvalue weighted by molar-refractivity contribution is 9.10. The molecule has 4 nitrogen and oxygen atoms in total. The third-order valence-electron chi connectivity index (χ3n) is 3.26. The standard InChI is InChI=1S/C18H19BrN2O2S/c1-13(14-8-9-17(23-2)16(19)12-14)20-21-18(22)10-11-24-15-6-4-3-5-7-15/h3-9,12H,10-11H2,1-2H3,(H,21,22)/b20-13+. The largest absolute Gasteiger partial charge is 0.496 e. The molecular formula is C18H19BrN2O2S. The second-order valence-electron chi connectivity index (χ2n) is 4.99. The number of methoxy groups -OCH3 is 1. The van der Waals surface area contributed by atoms with Crippen molar-refractivity contribution in [3.63, 3.8) is 0 Å². The van der Waals surface area contributed by atoms with Gasteiger partial charge in [0.2, 0.25) is 5.91 Å². The van der Waals surface area contributed by atoms with Crippen LogP contribution in [0.1, 0.15) is 18.9 Å². The Morgan fingerprint density at radius 1 is 1.25 bits per heavy atom. The summed E-state index contributed by atoms with van der Waals surface area (Å²) in [6.07, 6.45) is 0.419. The molecule has 0 bridgehead atoms. The Hall–Kier alpha value is -1.79. The molecule has 126 valence electrons. The summed E-state index contributed by atoms with van der Waals surface area (Å²) in [6.45, 7) is 1.85. The van der Waals surface area contributed by atoms with Crippen molar-refractivity contribution in [3.05, 3.63) is 58.6 Å². The molecule has 0 aliphatic carbocycles. The van der Waals surface area contributed by atoms with Gasteiger partial charge in [0.1, 0.15) is 5.75 Å². The summed E-state index contributed by atoms with van der Waals surface area (Å²) in [5.41, 5.74) is 4.26. The summed E-state index contributed by atoms with van der Waals surface area (Å²) >= 11 is 5.10. The lowest BCUT2D eigenvalue weighted by molar-refractivity contribution is -0.120. The molecule has 2 aromatic carbocycles. The molecule has 0 unspecified atom stereocenters. The topological polar surface area (TPSA) is 50.7 Å². The lowest BCUT2D eigenvalue weighted by Gasteiger charge is -2.06. The highest BCUT2D eigenvalue weighted by atomic mass is 79.9. The van der Waals surface area contributed by atoms with Gasteiger partial charge in [-0.3, -0.25) is 4.79 Å². The molecular weight excluding hydrogens is 388 g/mol. The van der Waals surface area contributed by atoms with Crippen LogP contribution in [-0.4, -0.2) is 24.5 Å². The fourth-order valence-corrected chi connectivity index (χ4v) is 3.35. The van der Waals surface area contributed by atoms with Crippen LogP contribution in [0.5, 0.6) is 5.75 Å². The van der Waals surface area contributed by atoms with Crippen LogP contribution in [0.3, 0.4) is 0 Å². The lowest BCUT2D eigenvalue weighted by atomic mass is 10.1. The van der Waals surface area contributed by atoms with Gasteiger partial charge in [-0.05, 0) is 58.7 Å². The van der Waals surface area contributed by atoms with Gasteiger partial charge < -0.3 is 4.74 Å². The van der Waals surface area contributed by atoms with Crippen molar-refractivity contribution >= 4 is 39.3 Å². The minimum atomic E-state index is -0.0923. The first-order chi connectivity index (χ1) is 11.6. The van der Waals surface area contributed by atoms with Crippen LogP contribution in [0, 0.1) is 0 Å². The third-order valence-corrected chi connectivity index (χ3v) is 4.89. The van der Waals surface area contributed by atoms with E-state index in [0.717, 1.165) is 32.1 Å². The van der Waals surface area contributed by atoms with Crippen molar-refractivity contribution < 1.29 is 9.53 Å². The Kier molecular flexibility index (Phi) is 7.34. The molecule has 1 N–H and O–H groups in total. The van der Waals surface area contributed by atoms with Crippen LogP contribution in [-0.2, 0) is 4.79 Å². The second-order valence-corrected chi connectivity index (χ2v) is 7.02. The molecule has 0 fully saturated rings. The third kappa shape index (κ3) is 5.69. The Balaban J connectivity index is 1.83. The number of halogens is 1. The van der Waals surface area contributed by atoms with Crippen molar-refractivity contribution in [3.8, 4) is 5.75 Å². The number of nitrogens with one attached hydrogen (secondary N) is 1. The summed E-state index contributed by atoms with van der Waals surface area (Å²) in [7, 11) is 1.62. The number of hydrogen-bond donors (Lipinski definition) is 1. The zero-order valence-electron chi connectivity index (χ0n) is 13.6. The molecule has 0 aromatic heterocycles. The van der Waals surface area contributed by atoms with E-state index in [1.165, 1.54) is 0 Å². The van der Waals surface area contributed by atoms with Gasteiger partial charge in [0.25, 0.3) is 0 Å². The Bertz CT molecular complexity index is 720. The molecule has 0 saturated heterocycles. The average Bonchev–Trinajstić information content (AvgIpc) is 2.60. The normalized spacial score (nSPS) is 11.2. The first-order valence-corrected chi connectivity index (χ1v) is 9.23. The number of carbonyl (C=O) groups is 1. The molecule has 6 heteroatoms. The van der Waals surface area contributed by atoms with Gasteiger partial charge in [-0.1, -0.05) is 18.2 Å². The maximum Gasteiger partial charge on any atom is 0.240 e. The van der Waals surface area contributed by atoms with Crippen molar-refractivity contribution in [2.75, 3.05) is 12.9 Å². The number of carbonyl (C=O) groups excluding carboxylic acids is 1. The van der Waals surface area contributed by atoms with Gasteiger partial charge in [-0.25, -0.2) is 5.43 Å². The van der Waals surface area contributed by atoms with E-state index in [-0.39, 0.29) is 5.91 Å². The SMILES string of the molecule is COc1ccc(/C(C)=N/NC(=O)CCSc2ccccc2)cc1Br. The second kappa shape index (κ2) is 9.49. The van der Waals surface area contributed by atoms with Crippen LogP contribution in [0.4, 0.5) is 0 Å². The van der Waals surface area contributed by atoms with E-state index in [1.807, 2.05) is 55.5 Å². The van der Waals surface area contributed by atoms with Gasteiger partial charge in [-0.2, -0.15) is 5.10 Å². The molecule has 0 aliphatic rings. The fraction of sp³-hybridized carbons (Fsp3) is 0.222. The maximum atomic E-state index is 11.9. The van der Waals surface area contributed by atoms with Crippen LogP contribution in [0.25, 0.3) is 0 Å². The highest BCUT2D eigenvalue weighted by Crippen LogP contribution is 2.25. The van der Waals surface area contributed by atoms with E-state index in [2.05, 4.69) is 26.5 Å². The molecule has 2 rings (SSSR count). The smallest absolute Gasteiger partial charge is 0.240 e. The number of rotatable bonds is 7. The maximum absolute atomic E-state index is 11.9. The summed E-state index contributed by atoms with van der Waals surface area (Å²) in [4.78, 5) is 13.0. The van der Waals surface area contributed by atoms with E-state index in [1.54, 1.807) is 18.9 Å². The van der Waals surface area contributed by atoms with Gasteiger partial charge in [0.05, 0.1) is 17.3 Å². The Morgan fingerprint density at radius 2 is 2.00 bits per heavy atom. The molecule has 0 radical (unpaired) electrons. The molecule has 24 heavy (non-hydrogen) atoms. The minimum absolute atomic E-state index is 0.0923. The number of ether oxygens (including phenoxy) is 1. The number of benzene rings is 2. The van der Waals surface area contributed by atoms with Crippen molar-refractivity contribution in [2.45, 2.75) is 18.2 Å². The summed E-state index contributed by atoms with van der Waals surface area (Å²) < 4.78 is 6.05. The zero-order chi connectivity index (χ0) is 17.4. The Morgan fingerprint density at radius 3 is 2.67 bits per heavy atom. The van der Waals surface area contributed by atoms with Gasteiger partial charge in [-0.15, -0.1) is 11.8 Å². The van der Waals surface area contributed by atoms with Crippen molar-refractivity contribution in [2.24, 2.45) is 5.10 Å². The highest BCUT2D eigenvalue weighted by Gasteiger charge is 2.05. The van der Waals surface area contributed by atoms with Crippen LogP contribution >= 0.6 is 27.7 Å². The molecule has 0 spiro atoms. The van der Waals surface area contributed by atoms with Crippen molar-refractivity contribution in [1.29, 1.82) is 0 Å². The Labute approximate surface area is 154 Å². The van der Waals surface area contributed by atoms with Crippen LogP contribution in [0.15, 0.2) is 63.0 Å². The van der Waals surface area contributed by atoms with E-state index in [9.17, 15) is 4.79 Å². The summed E-state index contributed by atoms with van der Waals surface area (Å²) in [5, 5.41) is 4.16. The van der Waals surface area contributed by atoms with Crippen LogP contribution in [0.2, 0.25) is 0 Å². The van der Waals surface area contributed by atoms with Gasteiger partial charge in [0, 0.05) is 17.1 Å². The first kappa shape index (κ1) is 18.5. The monoisotopic (exact) mass is 406 g/mol. The molecule has 2 aromatic rings. The van der Waals surface area contributed by atoms with Gasteiger partial charge in [0.15, 0.2) is 0 Å². The number of amides is 1. The molecule has 0 aliphatic heterocycles. The number of hydrogen-bond acceptors (Lipinski definition) is 4. The zero-order valence-corrected chi connectivity index (χ0v) is 16.0. The fourth-order valence-electron chi connectivity index (χ4n) is 1.94. The van der Waals surface area contributed by atoms with Gasteiger partial charge >= 0.3 is 0 Å². The minimum Gasteiger partial charge on any atom is -0.496 e. The summed E-state index contributed by atoms with van der Waals surface area (Å²) in [6, 6.07) is 15.7. The lowest BCUT2D eigenvalue weighted by Crippen LogP contribution is -2.19. The number of nitrogens with zero attached hydrogens (tertiary/aromatic N) is 1. The van der Waals surface area contributed by atoms with E-state index < -0.39 is 0 Å². The predicted octanol–water partition coefficient (Wildman–Crippen LogP) is 4.48. The number of thioether (sulfide) groups is 1. The van der Waals surface area contributed by atoms with Crippen molar-refractivity contribution in [1.82, 2.24) is 5.43 Å². The summed E-state index contributed by atoms with van der Waals surface area (Å²) in [5.74, 6) is 1.39. The van der Waals surface area contributed by atoms with E-state index in [0.29, 0.717) is 6.42 Å². The first-order valence-electron chi connectivity index (χ1n) is 7.45. The van der Waals surface area contributed by atoms with Crippen LogP contribution < -0.4 is 10.2 Å². The molecule has 0 atom stereocenters. The quantitative estimate of drug-likeness (QED) is 0.418. The molecule has 1 amide bonds. The predicted molar refractivity (Wildman–Crippen MR) is 103 cm³/mol. The van der Waals surface area contributed by atoms with E-state index in [4.69, 9.17) is 4.74 Å².